The normalized spacial score (nSPS) is 19.2. The van der Waals surface area contributed by atoms with Crippen LogP contribution in [0.4, 0.5) is 5.82 Å². The number of carbonyl (C=O) groups excluding carboxylic acids is 1. The Bertz CT molecular complexity index is 694. The number of amides is 1. The van der Waals surface area contributed by atoms with Crippen molar-refractivity contribution in [2.45, 2.75) is 18.9 Å². The Labute approximate surface area is 132 Å². The van der Waals surface area contributed by atoms with E-state index in [9.17, 15) is 4.79 Å². The molecule has 7 nitrogen and oxygen atoms in total. The number of halogens is 1. The van der Waals surface area contributed by atoms with Crippen molar-refractivity contribution in [3.05, 3.63) is 23.6 Å². The molecule has 2 aromatic rings. The Morgan fingerprint density at radius 3 is 3.14 bits per heavy atom. The van der Waals surface area contributed by atoms with E-state index in [1.807, 2.05) is 11.0 Å². The molecule has 0 spiro atoms. The lowest BCUT2D eigenvalue weighted by atomic mass is 10.1. The first-order chi connectivity index (χ1) is 10.6. The van der Waals surface area contributed by atoms with Crippen LogP contribution in [0.3, 0.4) is 0 Å². The van der Waals surface area contributed by atoms with Crippen molar-refractivity contribution in [1.82, 2.24) is 20.1 Å². The van der Waals surface area contributed by atoms with Gasteiger partial charge in [-0.1, -0.05) is 11.6 Å². The maximum atomic E-state index is 11.1. The topological polar surface area (TPSA) is 97.0 Å². The number of carbonyl (C=O) groups is 1. The zero-order valence-electron chi connectivity index (χ0n) is 12.0. The summed E-state index contributed by atoms with van der Waals surface area (Å²) in [5.41, 5.74) is 5.27. The highest BCUT2D eigenvalue weighted by molar-refractivity contribution is 6.34. The fraction of sp³-hybridized carbons (Fsp3) is 0.429. The largest absolute Gasteiger partial charge is 0.369 e. The molecule has 1 aliphatic rings. The van der Waals surface area contributed by atoms with Gasteiger partial charge in [0, 0.05) is 35.8 Å². The smallest absolute Gasteiger partial charge is 0.231 e. The number of hydrogen-bond acceptors (Lipinski definition) is 6. The average Bonchev–Trinajstić information content (AvgIpc) is 2.50. The lowest BCUT2D eigenvalue weighted by Crippen LogP contribution is -2.45. The number of aromatic nitrogens is 3. The number of piperidine rings is 1. The molecule has 2 aromatic heterocycles. The van der Waals surface area contributed by atoms with Crippen molar-refractivity contribution in [3.63, 3.8) is 0 Å². The van der Waals surface area contributed by atoms with Crippen LogP contribution in [0.5, 0.6) is 0 Å². The molecule has 1 fully saturated rings. The Hall–Kier alpha value is -1.99. The zero-order valence-corrected chi connectivity index (χ0v) is 12.8. The number of primary amides is 1. The SMILES string of the molecule is NC(=O)CN1CCC[C@@H](Nc2nnc(Cl)c3ccncc23)C1. The van der Waals surface area contributed by atoms with Gasteiger partial charge in [-0.05, 0) is 25.5 Å². The Morgan fingerprint density at radius 1 is 1.45 bits per heavy atom. The molecule has 0 aliphatic carbocycles. The van der Waals surface area contributed by atoms with E-state index in [1.165, 1.54) is 0 Å². The van der Waals surface area contributed by atoms with Crippen LogP contribution in [0.15, 0.2) is 18.5 Å². The molecule has 1 atom stereocenters. The summed E-state index contributed by atoms with van der Waals surface area (Å²) in [6.45, 7) is 1.91. The number of fused-ring (bicyclic) bond motifs is 1. The molecule has 0 radical (unpaired) electrons. The lowest BCUT2D eigenvalue weighted by Gasteiger charge is -2.32. The van der Waals surface area contributed by atoms with E-state index in [4.69, 9.17) is 17.3 Å². The van der Waals surface area contributed by atoms with Gasteiger partial charge in [0.15, 0.2) is 11.0 Å². The first-order valence-corrected chi connectivity index (χ1v) is 7.54. The summed E-state index contributed by atoms with van der Waals surface area (Å²) in [5.74, 6) is 0.361. The van der Waals surface area contributed by atoms with Crippen LogP contribution in [0, 0.1) is 0 Å². The van der Waals surface area contributed by atoms with Crippen molar-refractivity contribution in [1.29, 1.82) is 0 Å². The monoisotopic (exact) mass is 320 g/mol. The van der Waals surface area contributed by atoms with E-state index in [0.29, 0.717) is 11.0 Å². The van der Waals surface area contributed by atoms with E-state index in [2.05, 4.69) is 20.5 Å². The third-order valence-corrected chi connectivity index (χ3v) is 4.04. The van der Waals surface area contributed by atoms with E-state index >= 15 is 0 Å². The fourth-order valence-corrected chi connectivity index (χ4v) is 3.00. The third-order valence-electron chi connectivity index (χ3n) is 3.76. The molecular weight excluding hydrogens is 304 g/mol. The minimum atomic E-state index is -0.304. The summed E-state index contributed by atoms with van der Waals surface area (Å²) in [6.07, 6.45) is 5.40. The van der Waals surface area contributed by atoms with Gasteiger partial charge >= 0.3 is 0 Å². The number of anilines is 1. The van der Waals surface area contributed by atoms with Gasteiger partial charge < -0.3 is 11.1 Å². The molecule has 3 rings (SSSR count). The standard InChI is InChI=1S/C14H17ClN6O/c15-13-10-3-4-17-6-11(10)14(20-19-13)18-9-2-1-5-21(7-9)8-12(16)22/h3-4,6,9H,1-2,5,7-8H2,(H2,16,22)(H,18,20)/t9-/m1/s1. The lowest BCUT2D eigenvalue weighted by molar-refractivity contribution is -0.119. The average molecular weight is 321 g/mol. The quantitative estimate of drug-likeness (QED) is 0.873. The number of hydrogen-bond donors (Lipinski definition) is 2. The first-order valence-electron chi connectivity index (χ1n) is 7.16. The van der Waals surface area contributed by atoms with E-state index in [0.717, 1.165) is 36.7 Å². The summed E-state index contributed by atoms with van der Waals surface area (Å²) >= 11 is 6.06. The molecule has 8 heteroatoms. The molecule has 1 amide bonds. The molecule has 0 unspecified atom stereocenters. The molecule has 0 saturated carbocycles. The second kappa shape index (κ2) is 6.41. The van der Waals surface area contributed by atoms with Gasteiger partial charge in [0.05, 0.1) is 6.54 Å². The zero-order chi connectivity index (χ0) is 15.5. The molecule has 0 bridgehead atoms. The van der Waals surface area contributed by atoms with Gasteiger partial charge in [-0.3, -0.25) is 14.7 Å². The third kappa shape index (κ3) is 3.26. The summed E-state index contributed by atoms with van der Waals surface area (Å²) in [5, 5.41) is 13.5. The summed E-state index contributed by atoms with van der Waals surface area (Å²) < 4.78 is 0. The van der Waals surface area contributed by atoms with Crippen LogP contribution >= 0.6 is 11.6 Å². The number of pyridine rings is 1. The predicted molar refractivity (Wildman–Crippen MR) is 84.6 cm³/mol. The molecule has 116 valence electrons. The molecule has 1 saturated heterocycles. The second-order valence-corrected chi connectivity index (χ2v) is 5.80. The van der Waals surface area contributed by atoms with Gasteiger partial charge in [-0.2, -0.15) is 0 Å². The number of nitrogens with zero attached hydrogens (tertiary/aromatic N) is 4. The van der Waals surface area contributed by atoms with Crippen molar-refractivity contribution in [2.75, 3.05) is 25.0 Å². The number of nitrogens with two attached hydrogens (primary N) is 1. The Balaban J connectivity index is 1.78. The van der Waals surface area contributed by atoms with E-state index < -0.39 is 0 Å². The van der Waals surface area contributed by atoms with Gasteiger partial charge in [0.25, 0.3) is 0 Å². The summed E-state index contributed by atoms with van der Waals surface area (Å²) in [6, 6.07) is 2.00. The van der Waals surface area contributed by atoms with Gasteiger partial charge in [-0.25, -0.2) is 0 Å². The number of nitrogens with one attached hydrogen (secondary N) is 1. The first kappa shape index (κ1) is 14.9. The van der Waals surface area contributed by atoms with Gasteiger partial charge in [0.2, 0.25) is 5.91 Å². The van der Waals surface area contributed by atoms with Crippen molar-refractivity contribution >= 4 is 34.1 Å². The fourth-order valence-electron chi connectivity index (χ4n) is 2.80. The van der Waals surface area contributed by atoms with E-state index in [1.54, 1.807) is 12.4 Å². The molecule has 0 aromatic carbocycles. The van der Waals surface area contributed by atoms with Crippen LogP contribution in [-0.4, -0.2) is 51.7 Å². The van der Waals surface area contributed by atoms with Crippen LogP contribution in [0.2, 0.25) is 5.15 Å². The Kier molecular flexibility index (Phi) is 4.35. The van der Waals surface area contributed by atoms with Crippen molar-refractivity contribution in [3.8, 4) is 0 Å². The molecule has 3 N–H and O–H groups in total. The Morgan fingerprint density at radius 2 is 2.32 bits per heavy atom. The van der Waals surface area contributed by atoms with Gasteiger partial charge in [-0.15, -0.1) is 10.2 Å². The molecular formula is C14H17ClN6O. The minimum Gasteiger partial charge on any atom is -0.369 e. The molecule has 1 aliphatic heterocycles. The van der Waals surface area contributed by atoms with Gasteiger partial charge in [0.1, 0.15) is 0 Å². The second-order valence-electron chi connectivity index (χ2n) is 5.45. The molecule has 3 heterocycles. The molecule has 22 heavy (non-hydrogen) atoms. The van der Waals surface area contributed by atoms with Crippen LogP contribution in [0.25, 0.3) is 10.8 Å². The highest BCUT2D eigenvalue weighted by atomic mass is 35.5. The van der Waals surface area contributed by atoms with Crippen molar-refractivity contribution in [2.24, 2.45) is 5.73 Å². The number of rotatable bonds is 4. The van der Waals surface area contributed by atoms with Crippen molar-refractivity contribution < 1.29 is 4.79 Å². The van der Waals surface area contributed by atoms with Crippen LogP contribution < -0.4 is 11.1 Å². The predicted octanol–water partition coefficient (Wildman–Crippen LogP) is 1.04. The minimum absolute atomic E-state index is 0.187. The number of likely N-dealkylation sites (tertiary alicyclic amines) is 1. The highest BCUT2D eigenvalue weighted by Crippen LogP contribution is 2.26. The van der Waals surface area contributed by atoms with Crippen LogP contribution in [-0.2, 0) is 4.79 Å². The summed E-state index contributed by atoms with van der Waals surface area (Å²) in [7, 11) is 0. The van der Waals surface area contributed by atoms with Crippen LogP contribution in [0.1, 0.15) is 12.8 Å². The summed E-state index contributed by atoms with van der Waals surface area (Å²) in [4.78, 5) is 17.2. The maximum absolute atomic E-state index is 11.1. The highest BCUT2D eigenvalue weighted by Gasteiger charge is 2.22. The van der Waals surface area contributed by atoms with E-state index in [-0.39, 0.29) is 18.5 Å². The maximum Gasteiger partial charge on any atom is 0.231 e.